The van der Waals surface area contributed by atoms with Crippen molar-refractivity contribution in [3.8, 4) is 0 Å². The summed E-state index contributed by atoms with van der Waals surface area (Å²) >= 11 is 1.23. The second-order valence-corrected chi connectivity index (χ2v) is 3.86. The lowest BCUT2D eigenvalue weighted by atomic mass is 10.0. The number of fused-ring (bicyclic) bond motifs is 1. The lowest BCUT2D eigenvalue weighted by molar-refractivity contribution is -0.137. The fourth-order valence-corrected chi connectivity index (χ4v) is 2.41. The molecule has 0 saturated heterocycles. The van der Waals surface area contributed by atoms with Crippen LogP contribution in [0.25, 0.3) is 0 Å². The van der Waals surface area contributed by atoms with Gasteiger partial charge in [-0.05, 0) is 11.6 Å². The van der Waals surface area contributed by atoms with Gasteiger partial charge in [0.2, 0.25) is 0 Å². The summed E-state index contributed by atoms with van der Waals surface area (Å²) in [6, 6.07) is 7.26. The molecule has 0 aromatic heterocycles. The van der Waals surface area contributed by atoms with Crippen LogP contribution >= 0.6 is 11.8 Å². The van der Waals surface area contributed by atoms with Crippen molar-refractivity contribution < 1.29 is 9.90 Å². The number of thioether (sulfide) groups is 1. The van der Waals surface area contributed by atoms with E-state index in [0.29, 0.717) is 0 Å². The summed E-state index contributed by atoms with van der Waals surface area (Å²) in [5.41, 5.74) is 0.741. The molecule has 0 aliphatic carbocycles. The summed E-state index contributed by atoms with van der Waals surface area (Å²) in [5.74, 6) is -1.69. The van der Waals surface area contributed by atoms with Crippen molar-refractivity contribution in [3.05, 3.63) is 29.8 Å². The van der Waals surface area contributed by atoms with E-state index < -0.39 is 11.9 Å². The Balaban J connectivity index is 2.52. The van der Waals surface area contributed by atoms with Crippen LogP contribution in [0, 0.1) is 5.41 Å². The van der Waals surface area contributed by atoms with E-state index >= 15 is 0 Å². The third-order valence-corrected chi connectivity index (χ3v) is 3.01. The highest BCUT2D eigenvalue weighted by Gasteiger charge is 2.33. The highest BCUT2D eigenvalue weighted by molar-refractivity contribution is 8.14. The average Bonchev–Trinajstić information content (AvgIpc) is 2.39. The number of rotatable bonds is 1. The molecule has 1 aromatic rings. The first-order valence-electron chi connectivity index (χ1n) is 3.78. The maximum Gasteiger partial charge on any atom is 0.317 e. The first kappa shape index (κ1) is 8.31. The molecule has 1 aliphatic heterocycles. The number of carbonyl (C=O) groups is 1. The Labute approximate surface area is 79.3 Å². The third kappa shape index (κ3) is 1.23. The predicted molar refractivity (Wildman–Crippen MR) is 50.4 cm³/mol. The first-order chi connectivity index (χ1) is 6.20. The summed E-state index contributed by atoms with van der Waals surface area (Å²) in [5, 5.41) is 16.6. The van der Waals surface area contributed by atoms with Crippen LogP contribution in [-0.4, -0.2) is 16.1 Å². The molecule has 1 unspecified atom stereocenters. The van der Waals surface area contributed by atoms with Crippen LogP contribution in [0.1, 0.15) is 11.5 Å². The third-order valence-electron chi connectivity index (χ3n) is 1.96. The standard InChI is InChI=1S/C9H7NO2S/c10-8-7(9(11)12)5-3-1-2-4-6(5)13-8/h1-4,7,10H,(H,11,12). The largest absolute Gasteiger partial charge is 0.480 e. The van der Waals surface area contributed by atoms with Crippen LogP contribution in [0.2, 0.25) is 0 Å². The Hall–Kier alpha value is -1.29. The summed E-state index contributed by atoms with van der Waals surface area (Å²) in [7, 11) is 0. The number of aliphatic carboxylic acids is 1. The molecule has 2 rings (SSSR count). The molecular weight excluding hydrogens is 186 g/mol. The highest BCUT2D eigenvalue weighted by Crippen LogP contribution is 2.40. The van der Waals surface area contributed by atoms with Gasteiger partial charge in [-0.25, -0.2) is 0 Å². The number of hydrogen-bond acceptors (Lipinski definition) is 3. The van der Waals surface area contributed by atoms with E-state index in [-0.39, 0.29) is 5.04 Å². The SMILES string of the molecule is N=C1Sc2ccccc2C1C(=O)O. The molecule has 1 atom stereocenters. The number of nitrogens with one attached hydrogen (secondary N) is 1. The van der Waals surface area contributed by atoms with Crippen molar-refractivity contribution in [2.75, 3.05) is 0 Å². The van der Waals surface area contributed by atoms with Crippen LogP contribution in [0.3, 0.4) is 0 Å². The molecule has 0 spiro atoms. The van der Waals surface area contributed by atoms with Crippen molar-refractivity contribution in [2.24, 2.45) is 0 Å². The minimum Gasteiger partial charge on any atom is -0.480 e. The van der Waals surface area contributed by atoms with Crippen molar-refractivity contribution >= 4 is 22.8 Å². The molecule has 13 heavy (non-hydrogen) atoms. The average molecular weight is 193 g/mol. The maximum atomic E-state index is 10.8. The molecule has 1 heterocycles. The lowest BCUT2D eigenvalue weighted by Gasteiger charge is -2.03. The fourth-order valence-electron chi connectivity index (χ4n) is 1.38. The zero-order chi connectivity index (χ0) is 9.42. The molecule has 0 fully saturated rings. The maximum absolute atomic E-state index is 10.8. The van der Waals surface area contributed by atoms with Crippen LogP contribution in [0.5, 0.6) is 0 Å². The molecule has 2 N–H and O–H groups in total. The summed E-state index contributed by atoms with van der Waals surface area (Å²) < 4.78 is 0. The summed E-state index contributed by atoms with van der Waals surface area (Å²) in [6.07, 6.45) is 0. The van der Waals surface area contributed by atoms with E-state index in [4.69, 9.17) is 10.5 Å². The number of hydrogen-bond donors (Lipinski definition) is 2. The molecule has 1 aliphatic rings. The van der Waals surface area contributed by atoms with Gasteiger partial charge in [0.25, 0.3) is 0 Å². The van der Waals surface area contributed by atoms with Crippen molar-refractivity contribution in [3.63, 3.8) is 0 Å². The zero-order valence-corrected chi connectivity index (χ0v) is 7.47. The molecule has 1 aromatic carbocycles. The minimum absolute atomic E-state index is 0.203. The number of carboxylic acid groups (broad SMARTS) is 1. The molecule has 0 saturated carbocycles. The van der Waals surface area contributed by atoms with Crippen molar-refractivity contribution in [1.29, 1.82) is 5.41 Å². The van der Waals surface area contributed by atoms with E-state index in [9.17, 15) is 4.79 Å². The first-order valence-corrected chi connectivity index (χ1v) is 4.60. The molecule has 0 bridgehead atoms. The van der Waals surface area contributed by atoms with Gasteiger partial charge in [-0.2, -0.15) is 0 Å². The molecule has 3 nitrogen and oxygen atoms in total. The van der Waals surface area contributed by atoms with Gasteiger partial charge >= 0.3 is 5.97 Å². The Morgan fingerprint density at radius 2 is 2.15 bits per heavy atom. The lowest BCUT2D eigenvalue weighted by Crippen LogP contribution is -2.14. The fraction of sp³-hybridized carbons (Fsp3) is 0.111. The molecule has 0 radical (unpaired) electrons. The van der Waals surface area contributed by atoms with Gasteiger partial charge in [0, 0.05) is 4.90 Å². The van der Waals surface area contributed by atoms with Gasteiger partial charge in [0.05, 0.1) is 5.04 Å². The zero-order valence-electron chi connectivity index (χ0n) is 6.65. The van der Waals surface area contributed by atoms with E-state index in [1.807, 2.05) is 12.1 Å². The van der Waals surface area contributed by atoms with E-state index in [1.54, 1.807) is 12.1 Å². The quantitative estimate of drug-likeness (QED) is 0.716. The molecular formula is C9H7NO2S. The normalized spacial score (nSPS) is 20.0. The van der Waals surface area contributed by atoms with Gasteiger partial charge in [-0.3, -0.25) is 10.2 Å². The minimum atomic E-state index is -0.942. The Bertz CT molecular complexity index is 389. The molecule has 4 heteroatoms. The van der Waals surface area contributed by atoms with Crippen molar-refractivity contribution in [1.82, 2.24) is 0 Å². The number of carboxylic acids is 1. The van der Waals surface area contributed by atoms with Gasteiger partial charge in [-0.1, -0.05) is 30.0 Å². The van der Waals surface area contributed by atoms with Crippen LogP contribution < -0.4 is 0 Å². The van der Waals surface area contributed by atoms with Crippen LogP contribution in [0.15, 0.2) is 29.2 Å². The Morgan fingerprint density at radius 1 is 1.46 bits per heavy atom. The second-order valence-electron chi connectivity index (χ2n) is 2.78. The summed E-state index contributed by atoms with van der Waals surface area (Å²) in [4.78, 5) is 11.7. The van der Waals surface area contributed by atoms with Crippen LogP contribution in [0.4, 0.5) is 0 Å². The Kier molecular flexibility index (Phi) is 1.84. The van der Waals surface area contributed by atoms with E-state index in [2.05, 4.69) is 0 Å². The van der Waals surface area contributed by atoms with Gasteiger partial charge in [-0.15, -0.1) is 0 Å². The van der Waals surface area contributed by atoms with Gasteiger partial charge in [0.1, 0.15) is 5.92 Å². The summed E-state index contributed by atoms with van der Waals surface area (Å²) in [6.45, 7) is 0. The monoisotopic (exact) mass is 193 g/mol. The molecule has 0 amide bonds. The smallest absolute Gasteiger partial charge is 0.317 e. The second kappa shape index (κ2) is 2.88. The van der Waals surface area contributed by atoms with Crippen molar-refractivity contribution in [2.45, 2.75) is 10.8 Å². The predicted octanol–water partition coefficient (Wildman–Crippen LogP) is 1.94. The number of benzene rings is 1. The van der Waals surface area contributed by atoms with Gasteiger partial charge < -0.3 is 5.11 Å². The van der Waals surface area contributed by atoms with E-state index in [1.165, 1.54) is 11.8 Å². The van der Waals surface area contributed by atoms with Gasteiger partial charge in [0.15, 0.2) is 0 Å². The van der Waals surface area contributed by atoms with Crippen LogP contribution in [-0.2, 0) is 4.79 Å². The topological polar surface area (TPSA) is 61.2 Å². The molecule has 66 valence electrons. The highest BCUT2D eigenvalue weighted by atomic mass is 32.2. The Morgan fingerprint density at radius 3 is 2.85 bits per heavy atom. The van der Waals surface area contributed by atoms with E-state index in [0.717, 1.165) is 10.5 Å².